The lowest BCUT2D eigenvalue weighted by Crippen LogP contribution is -2.25. The van der Waals surface area contributed by atoms with E-state index in [1.54, 1.807) is 23.1 Å². The molecule has 0 spiro atoms. The molecule has 1 saturated heterocycles. The number of amides is 1. The van der Waals surface area contributed by atoms with Gasteiger partial charge in [-0.25, -0.2) is 4.98 Å². The van der Waals surface area contributed by atoms with E-state index >= 15 is 0 Å². The summed E-state index contributed by atoms with van der Waals surface area (Å²) < 4.78 is 5.76. The summed E-state index contributed by atoms with van der Waals surface area (Å²) in [7, 11) is 0. The Morgan fingerprint density at radius 2 is 2.08 bits per heavy atom. The van der Waals surface area contributed by atoms with Crippen molar-refractivity contribution >= 4 is 51.1 Å². The zero-order valence-corrected chi connectivity index (χ0v) is 14.4. The number of carbonyl (C=O) groups excluding carboxylic acids is 2. The summed E-state index contributed by atoms with van der Waals surface area (Å²) in [6.45, 7) is 0.286. The largest absolute Gasteiger partial charge is 0.436 e. The van der Waals surface area contributed by atoms with E-state index in [9.17, 15) is 9.59 Å². The van der Waals surface area contributed by atoms with Crippen LogP contribution in [0.15, 0.2) is 46.9 Å². The second-order valence-electron chi connectivity index (χ2n) is 5.89. The van der Waals surface area contributed by atoms with Crippen molar-refractivity contribution in [2.75, 3.05) is 11.4 Å². The first-order valence-electron chi connectivity index (χ1n) is 7.67. The Hall–Kier alpha value is -2.37. The number of benzene rings is 2. The quantitative estimate of drug-likeness (QED) is 0.642. The van der Waals surface area contributed by atoms with Crippen LogP contribution in [0.2, 0.25) is 5.02 Å². The average Bonchev–Trinajstić information content (AvgIpc) is 3.18. The standard InChI is InChI=1S/C18H12Cl2N2O3/c19-12-4-5-15-14(8-12)21-18(25-15)10-2-1-3-13(6-10)22-9-11(17(20)24)7-16(22)23/h1-6,8,11H,7,9H2/t11-/m1/s1. The molecule has 1 atom stereocenters. The number of hydrogen-bond acceptors (Lipinski definition) is 4. The molecule has 0 N–H and O–H groups in total. The molecule has 2 heterocycles. The molecular formula is C18H12Cl2N2O3. The van der Waals surface area contributed by atoms with Gasteiger partial charge in [0, 0.05) is 29.2 Å². The van der Waals surface area contributed by atoms with E-state index in [0.29, 0.717) is 27.7 Å². The van der Waals surface area contributed by atoms with Crippen molar-refractivity contribution < 1.29 is 14.0 Å². The highest BCUT2D eigenvalue weighted by atomic mass is 35.5. The lowest BCUT2D eigenvalue weighted by molar-refractivity contribution is -0.120. The highest BCUT2D eigenvalue weighted by molar-refractivity contribution is 6.64. The van der Waals surface area contributed by atoms with Gasteiger partial charge in [0.05, 0.1) is 5.92 Å². The van der Waals surface area contributed by atoms with E-state index in [1.165, 1.54) is 0 Å². The maximum Gasteiger partial charge on any atom is 0.227 e. The van der Waals surface area contributed by atoms with Gasteiger partial charge in [0.1, 0.15) is 5.52 Å². The van der Waals surface area contributed by atoms with E-state index in [4.69, 9.17) is 27.6 Å². The second-order valence-corrected chi connectivity index (χ2v) is 6.70. The average molecular weight is 375 g/mol. The van der Waals surface area contributed by atoms with E-state index < -0.39 is 11.2 Å². The highest BCUT2D eigenvalue weighted by Gasteiger charge is 2.34. The zero-order chi connectivity index (χ0) is 17.6. The molecule has 1 aliphatic heterocycles. The number of anilines is 1. The number of halogens is 2. The third kappa shape index (κ3) is 3.01. The molecule has 126 valence electrons. The van der Waals surface area contributed by atoms with Crippen molar-refractivity contribution in [3.8, 4) is 11.5 Å². The van der Waals surface area contributed by atoms with Crippen LogP contribution in [-0.2, 0) is 9.59 Å². The Labute approximate surface area is 153 Å². The Morgan fingerprint density at radius 3 is 2.84 bits per heavy atom. The first-order chi connectivity index (χ1) is 12.0. The number of rotatable bonds is 3. The van der Waals surface area contributed by atoms with E-state index in [0.717, 1.165) is 5.56 Å². The second kappa shape index (κ2) is 6.17. The van der Waals surface area contributed by atoms with Crippen molar-refractivity contribution in [2.45, 2.75) is 6.42 Å². The van der Waals surface area contributed by atoms with Crippen molar-refractivity contribution in [1.82, 2.24) is 4.98 Å². The maximum atomic E-state index is 12.2. The predicted octanol–water partition coefficient (Wildman–Crippen LogP) is 4.27. The van der Waals surface area contributed by atoms with Gasteiger partial charge in [-0.3, -0.25) is 9.59 Å². The topological polar surface area (TPSA) is 63.4 Å². The smallest absolute Gasteiger partial charge is 0.227 e. The van der Waals surface area contributed by atoms with Gasteiger partial charge in [-0.1, -0.05) is 17.7 Å². The maximum absolute atomic E-state index is 12.2. The summed E-state index contributed by atoms with van der Waals surface area (Å²) >= 11 is 11.5. The number of aromatic nitrogens is 1. The van der Waals surface area contributed by atoms with E-state index in [1.807, 2.05) is 24.3 Å². The van der Waals surface area contributed by atoms with Crippen LogP contribution in [0.4, 0.5) is 5.69 Å². The molecular weight excluding hydrogens is 363 g/mol. The molecule has 2 aromatic carbocycles. The molecule has 4 rings (SSSR count). The fraction of sp³-hybridized carbons (Fsp3) is 0.167. The van der Waals surface area contributed by atoms with Crippen molar-refractivity contribution in [2.24, 2.45) is 5.92 Å². The molecule has 0 radical (unpaired) electrons. The normalized spacial score (nSPS) is 17.4. The van der Waals surface area contributed by atoms with Gasteiger partial charge in [-0.15, -0.1) is 0 Å². The molecule has 0 bridgehead atoms. The first kappa shape index (κ1) is 16.1. The number of fused-ring (bicyclic) bond motifs is 1. The van der Waals surface area contributed by atoms with Crippen molar-refractivity contribution in [3.63, 3.8) is 0 Å². The van der Waals surface area contributed by atoms with Crippen LogP contribution < -0.4 is 4.90 Å². The van der Waals surface area contributed by atoms with Crippen LogP contribution in [0.25, 0.3) is 22.6 Å². The lowest BCUT2D eigenvalue weighted by Gasteiger charge is -2.16. The van der Waals surface area contributed by atoms with Gasteiger partial charge in [0.25, 0.3) is 0 Å². The number of hydrogen-bond donors (Lipinski definition) is 0. The van der Waals surface area contributed by atoms with E-state index in [2.05, 4.69) is 4.98 Å². The predicted molar refractivity (Wildman–Crippen MR) is 95.8 cm³/mol. The third-order valence-corrected chi connectivity index (χ3v) is 4.74. The third-order valence-electron chi connectivity index (χ3n) is 4.20. The molecule has 5 nitrogen and oxygen atoms in total. The number of carbonyl (C=O) groups is 2. The first-order valence-corrected chi connectivity index (χ1v) is 8.43. The number of oxazole rings is 1. The summed E-state index contributed by atoms with van der Waals surface area (Å²) in [6.07, 6.45) is 0.133. The minimum atomic E-state index is -0.483. The van der Waals surface area contributed by atoms with Crippen LogP contribution >= 0.6 is 23.2 Å². The van der Waals surface area contributed by atoms with Crippen molar-refractivity contribution in [1.29, 1.82) is 0 Å². The van der Waals surface area contributed by atoms with Gasteiger partial charge in [-0.05, 0) is 48.0 Å². The highest BCUT2D eigenvalue weighted by Crippen LogP contribution is 2.31. The Morgan fingerprint density at radius 1 is 1.24 bits per heavy atom. The van der Waals surface area contributed by atoms with E-state index in [-0.39, 0.29) is 18.9 Å². The summed E-state index contributed by atoms with van der Waals surface area (Å²) in [6, 6.07) is 12.5. The van der Waals surface area contributed by atoms with Crippen LogP contribution in [0.1, 0.15) is 6.42 Å². The molecule has 1 aliphatic rings. The molecule has 0 aliphatic carbocycles. The monoisotopic (exact) mass is 374 g/mol. The van der Waals surface area contributed by atoms with Gasteiger partial charge >= 0.3 is 0 Å². The molecule has 0 saturated carbocycles. The van der Waals surface area contributed by atoms with Crippen LogP contribution in [0, 0.1) is 5.92 Å². The summed E-state index contributed by atoms with van der Waals surface area (Å²) in [5.74, 6) is -0.152. The lowest BCUT2D eigenvalue weighted by atomic mass is 10.1. The van der Waals surface area contributed by atoms with Gasteiger partial charge in [0.2, 0.25) is 17.0 Å². The van der Waals surface area contributed by atoms with Crippen LogP contribution in [-0.4, -0.2) is 22.7 Å². The fourth-order valence-corrected chi connectivity index (χ4v) is 3.25. The summed E-state index contributed by atoms with van der Waals surface area (Å²) in [5, 5.41) is 0.100. The minimum absolute atomic E-state index is 0.125. The van der Waals surface area contributed by atoms with Gasteiger partial charge in [0.15, 0.2) is 5.58 Å². The molecule has 7 heteroatoms. The van der Waals surface area contributed by atoms with Crippen LogP contribution in [0.5, 0.6) is 0 Å². The zero-order valence-electron chi connectivity index (χ0n) is 12.9. The molecule has 3 aromatic rings. The summed E-state index contributed by atoms with van der Waals surface area (Å²) in [4.78, 5) is 29.5. The minimum Gasteiger partial charge on any atom is -0.436 e. The van der Waals surface area contributed by atoms with Gasteiger partial charge < -0.3 is 9.32 Å². The van der Waals surface area contributed by atoms with Crippen molar-refractivity contribution in [3.05, 3.63) is 47.5 Å². The Balaban J connectivity index is 1.69. The van der Waals surface area contributed by atoms with Crippen LogP contribution in [0.3, 0.4) is 0 Å². The molecule has 1 amide bonds. The molecule has 1 fully saturated rings. The fourth-order valence-electron chi connectivity index (χ4n) is 2.94. The molecule has 0 unspecified atom stereocenters. The number of nitrogens with zero attached hydrogens (tertiary/aromatic N) is 2. The molecule has 25 heavy (non-hydrogen) atoms. The Bertz CT molecular complexity index is 999. The van der Waals surface area contributed by atoms with Gasteiger partial charge in [-0.2, -0.15) is 0 Å². The molecule has 1 aromatic heterocycles. The Kier molecular flexibility index (Phi) is 3.98. The summed E-state index contributed by atoms with van der Waals surface area (Å²) in [5.41, 5.74) is 2.72. The SMILES string of the molecule is O=C(Cl)[C@@H]1CC(=O)N(c2cccc(-c3nc4cc(Cl)ccc4o3)c2)C1.